The minimum absolute atomic E-state index is 0.0156. The quantitative estimate of drug-likeness (QED) is 0.808. The van der Waals surface area contributed by atoms with Gasteiger partial charge in [0.1, 0.15) is 0 Å². The van der Waals surface area contributed by atoms with E-state index in [1.165, 1.54) is 6.42 Å². The number of benzene rings is 1. The van der Waals surface area contributed by atoms with Gasteiger partial charge >= 0.3 is 0 Å². The summed E-state index contributed by atoms with van der Waals surface area (Å²) < 4.78 is 0. The van der Waals surface area contributed by atoms with Crippen molar-refractivity contribution in [2.75, 3.05) is 6.54 Å². The number of carbonyl (C=O) groups is 1. The van der Waals surface area contributed by atoms with Crippen molar-refractivity contribution in [3.05, 3.63) is 35.9 Å². The monoisotopic (exact) mass is 218 g/mol. The molecule has 0 aliphatic carbocycles. The van der Waals surface area contributed by atoms with Crippen molar-refractivity contribution in [2.24, 2.45) is 0 Å². The van der Waals surface area contributed by atoms with E-state index in [4.69, 9.17) is 0 Å². The smallest absolute Gasteiger partial charge is 0.251 e. The van der Waals surface area contributed by atoms with E-state index in [0.29, 0.717) is 6.04 Å². The summed E-state index contributed by atoms with van der Waals surface area (Å²) in [5.74, 6) is 0.0156. The zero-order valence-corrected chi connectivity index (χ0v) is 9.57. The SMILES string of the molecule is CC(NC(=O)c1ccccc1)C1CCCN1. The molecule has 1 fully saturated rings. The standard InChI is InChI=1S/C13H18N2O/c1-10(12-8-5-9-14-12)15-13(16)11-6-3-2-4-7-11/h2-4,6-7,10,12,14H,5,8-9H2,1H3,(H,15,16). The highest BCUT2D eigenvalue weighted by molar-refractivity contribution is 5.94. The highest BCUT2D eigenvalue weighted by atomic mass is 16.1. The molecule has 1 amide bonds. The molecular weight excluding hydrogens is 200 g/mol. The van der Waals surface area contributed by atoms with Gasteiger partial charge in [0.05, 0.1) is 0 Å². The number of hydrogen-bond acceptors (Lipinski definition) is 2. The summed E-state index contributed by atoms with van der Waals surface area (Å²) in [5.41, 5.74) is 0.729. The fourth-order valence-electron chi connectivity index (χ4n) is 2.12. The van der Waals surface area contributed by atoms with Crippen molar-refractivity contribution in [3.8, 4) is 0 Å². The Morgan fingerprint density at radius 2 is 2.19 bits per heavy atom. The summed E-state index contributed by atoms with van der Waals surface area (Å²) in [5, 5.41) is 6.44. The molecule has 1 heterocycles. The van der Waals surface area contributed by atoms with E-state index in [0.717, 1.165) is 18.5 Å². The Morgan fingerprint density at radius 1 is 1.44 bits per heavy atom. The summed E-state index contributed by atoms with van der Waals surface area (Å²) in [6, 6.07) is 9.97. The third-order valence-electron chi connectivity index (χ3n) is 3.10. The summed E-state index contributed by atoms with van der Waals surface area (Å²) >= 11 is 0. The molecule has 0 saturated carbocycles. The molecule has 2 unspecified atom stereocenters. The predicted molar refractivity (Wildman–Crippen MR) is 64.4 cm³/mol. The average Bonchev–Trinajstić information content (AvgIpc) is 2.83. The first-order chi connectivity index (χ1) is 7.77. The van der Waals surface area contributed by atoms with Crippen molar-refractivity contribution in [1.82, 2.24) is 10.6 Å². The Bertz CT molecular complexity index is 344. The molecule has 16 heavy (non-hydrogen) atoms. The van der Waals surface area contributed by atoms with Gasteiger partial charge in [0.15, 0.2) is 0 Å². The van der Waals surface area contributed by atoms with Gasteiger partial charge in [-0.3, -0.25) is 4.79 Å². The summed E-state index contributed by atoms with van der Waals surface area (Å²) in [4.78, 5) is 11.9. The molecule has 0 aromatic heterocycles. The van der Waals surface area contributed by atoms with E-state index >= 15 is 0 Å². The van der Waals surface area contributed by atoms with Gasteiger partial charge in [-0.05, 0) is 38.4 Å². The molecule has 3 heteroatoms. The van der Waals surface area contributed by atoms with E-state index in [1.54, 1.807) is 0 Å². The number of nitrogens with one attached hydrogen (secondary N) is 2. The van der Waals surface area contributed by atoms with Gasteiger partial charge in [-0.25, -0.2) is 0 Å². The third-order valence-corrected chi connectivity index (χ3v) is 3.10. The number of amides is 1. The first-order valence-corrected chi connectivity index (χ1v) is 5.86. The predicted octanol–water partition coefficient (Wildman–Crippen LogP) is 1.56. The van der Waals surface area contributed by atoms with E-state index < -0.39 is 0 Å². The zero-order valence-electron chi connectivity index (χ0n) is 9.57. The lowest BCUT2D eigenvalue weighted by molar-refractivity contribution is 0.0933. The Hall–Kier alpha value is -1.35. The highest BCUT2D eigenvalue weighted by Crippen LogP contribution is 2.09. The van der Waals surface area contributed by atoms with Crippen LogP contribution in [-0.2, 0) is 0 Å². The van der Waals surface area contributed by atoms with Crippen LogP contribution < -0.4 is 10.6 Å². The fraction of sp³-hybridized carbons (Fsp3) is 0.462. The minimum Gasteiger partial charge on any atom is -0.348 e. The van der Waals surface area contributed by atoms with Crippen LogP contribution >= 0.6 is 0 Å². The number of rotatable bonds is 3. The molecule has 2 atom stereocenters. The van der Waals surface area contributed by atoms with Crippen LogP contribution in [0.3, 0.4) is 0 Å². The largest absolute Gasteiger partial charge is 0.348 e. The second kappa shape index (κ2) is 5.12. The van der Waals surface area contributed by atoms with E-state index in [1.807, 2.05) is 30.3 Å². The van der Waals surface area contributed by atoms with Crippen LogP contribution in [0.5, 0.6) is 0 Å². The highest BCUT2D eigenvalue weighted by Gasteiger charge is 2.22. The number of hydrogen-bond donors (Lipinski definition) is 2. The van der Waals surface area contributed by atoms with Crippen molar-refractivity contribution < 1.29 is 4.79 Å². The molecule has 1 saturated heterocycles. The maximum Gasteiger partial charge on any atom is 0.251 e. The van der Waals surface area contributed by atoms with Crippen LogP contribution in [0.15, 0.2) is 30.3 Å². The van der Waals surface area contributed by atoms with Crippen LogP contribution in [0.25, 0.3) is 0 Å². The van der Waals surface area contributed by atoms with Crippen molar-refractivity contribution in [2.45, 2.75) is 31.8 Å². The second-order valence-electron chi connectivity index (χ2n) is 4.33. The lowest BCUT2D eigenvalue weighted by atomic mass is 10.1. The van der Waals surface area contributed by atoms with Crippen molar-refractivity contribution in [3.63, 3.8) is 0 Å². The van der Waals surface area contributed by atoms with Crippen LogP contribution in [0.1, 0.15) is 30.1 Å². The van der Waals surface area contributed by atoms with Crippen LogP contribution in [0.4, 0.5) is 0 Å². The fourth-order valence-corrected chi connectivity index (χ4v) is 2.12. The summed E-state index contributed by atoms with van der Waals surface area (Å²) in [7, 11) is 0. The number of carbonyl (C=O) groups excluding carboxylic acids is 1. The molecule has 86 valence electrons. The van der Waals surface area contributed by atoms with Gasteiger partial charge in [-0.1, -0.05) is 18.2 Å². The normalized spacial score (nSPS) is 21.7. The summed E-state index contributed by atoms with van der Waals surface area (Å²) in [6.07, 6.45) is 2.35. The van der Waals surface area contributed by atoms with Crippen molar-refractivity contribution >= 4 is 5.91 Å². The Labute approximate surface area is 96.2 Å². The van der Waals surface area contributed by atoms with Gasteiger partial charge in [-0.15, -0.1) is 0 Å². The maximum absolute atomic E-state index is 11.9. The molecular formula is C13H18N2O. The third kappa shape index (κ3) is 2.61. The van der Waals surface area contributed by atoms with Gasteiger partial charge < -0.3 is 10.6 Å². The zero-order chi connectivity index (χ0) is 11.4. The first kappa shape index (κ1) is 11.1. The first-order valence-electron chi connectivity index (χ1n) is 5.86. The molecule has 3 nitrogen and oxygen atoms in total. The Morgan fingerprint density at radius 3 is 2.81 bits per heavy atom. The van der Waals surface area contributed by atoms with Crippen LogP contribution in [-0.4, -0.2) is 24.5 Å². The molecule has 2 rings (SSSR count). The molecule has 1 aliphatic rings. The van der Waals surface area contributed by atoms with Crippen LogP contribution in [0.2, 0.25) is 0 Å². The molecule has 0 spiro atoms. The van der Waals surface area contributed by atoms with Crippen LogP contribution in [0, 0.1) is 0 Å². The topological polar surface area (TPSA) is 41.1 Å². The second-order valence-corrected chi connectivity index (χ2v) is 4.33. The Kier molecular flexibility index (Phi) is 3.57. The minimum atomic E-state index is 0.0156. The lowest BCUT2D eigenvalue weighted by Crippen LogP contribution is -2.45. The molecule has 2 N–H and O–H groups in total. The molecule has 0 bridgehead atoms. The van der Waals surface area contributed by atoms with E-state index in [9.17, 15) is 4.79 Å². The maximum atomic E-state index is 11.9. The average molecular weight is 218 g/mol. The summed E-state index contributed by atoms with van der Waals surface area (Å²) in [6.45, 7) is 3.13. The van der Waals surface area contributed by atoms with Crippen molar-refractivity contribution in [1.29, 1.82) is 0 Å². The molecule has 1 aliphatic heterocycles. The molecule has 1 aromatic carbocycles. The molecule has 0 radical (unpaired) electrons. The Balaban J connectivity index is 1.92. The van der Waals surface area contributed by atoms with Gasteiger partial charge in [-0.2, -0.15) is 0 Å². The van der Waals surface area contributed by atoms with Gasteiger partial charge in [0.25, 0.3) is 5.91 Å². The molecule has 1 aromatic rings. The van der Waals surface area contributed by atoms with E-state index in [-0.39, 0.29) is 11.9 Å². The lowest BCUT2D eigenvalue weighted by Gasteiger charge is -2.20. The van der Waals surface area contributed by atoms with Gasteiger partial charge in [0.2, 0.25) is 0 Å². The van der Waals surface area contributed by atoms with Gasteiger partial charge in [0, 0.05) is 17.6 Å². The van der Waals surface area contributed by atoms with E-state index in [2.05, 4.69) is 17.6 Å².